The number of benzene rings is 2. The van der Waals surface area contributed by atoms with Gasteiger partial charge in [0.15, 0.2) is 0 Å². The van der Waals surface area contributed by atoms with E-state index >= 15 is 0 Å². The molecule has 1 fully saturated rings. The van der Waals surface area contributed by atoms with Gasteiger partial charge in [-0.25, -0.2) is 9.78 Å². The molecule has 4 aromatic rings. The Morgan fingerprint density at radius 3 is 2.81 bits per heavy atom. The second kappa shape index (κ2) is 8.76. The number of aromatic nitrogens is 4. The Kier molecular flexibility index (Phi) is 5.67. The maximum absolute atomic E-state index is 13.1. The van der Waals surface area contributed by atoms with Gasteiger partial charge in [-0.05, 0) is 24.3 Å². The van der Waals surface area contributed by atoms with Gasteiger partial charge < -0.3 is 15.2 Å². The number of thioether (sulfide) groups is 1. The van der Waals surface area contributed by atoms with Crippen molar-refractivity contribution in [1.29, 1.82) is 0 Å². The third kappa shape index (κ3) is 3.89. The standard InChI is InChI=1S/C22H21ClN6O2S/c23-16-4-2-1-3-15(16)20-21(24-12-19(30)28-7-9-32-10-8-28)27-22(31)29(20)14-5-6-17-18(11-14)26-13-25-17/h1-6,11,13,24H,7-10,12H2,(H,25,26)(H,27,31). The van der Waals surface area contributed by atoms with Gasteiger partial charge in [-0.1, -0.05) is 29.8 Å². The highest BCUT2D eigenvalue weighted by Gasteiger charge is 2.22. The summed E-state index contributed by atoms with van der Waals surface area (Å²) >= 11 is 8.36. The Morgan fingerprint density at radius 2 is 2.00 bits per heavy atom. The van der Waals surface area contributed by atoms with Crippen LogP contribution in [0.3, 0.4) is 0 Å². The maximum atomic E-state index is 13.1. The lowest BCUT2D eigenvalue weighted by Gasteiger charge is -2.26. The molecule has 2 aromatic heterocycles. The lowest BCUT2D eigenvalue weighted by atomic mass is 10.1. The number of hydrogen-bond donors (Lipinski definition) is 3. The Bertz CT molecular complexity index is 1340. The molecule has 0 radical (unpaired) electrons. The number of imidazole rings is 2. The predicted octanol–water partition coefficient (Wildman–Crippen LogP) is 3.35. The van der Waals surface area contributed by atoms with E-state index in [1.165, 1.54) is 0 Å². The second-order valence-corrected chi connectivity index (χ2v) is 9.05. The first kappa shape index (κ1) is 20.7. The van der Waals surface area contributed by atoms with Gasteiger partial charge in [-0.15, -0.1) is 0 Å². The quantitative estimate of drug-likeness (QED) is 0.417. The first-order valence-corrected chi connectivity index (χ1v) is 11.8. The monoisotopic (exact) mass is 468 g/mol. The van der Waals surface area contributed by atoms with E-state index in [9.17, 15) is 9.59 Å². The highest BCUT2D eigenvalue weighted by Crippen LogP contribution is 2.33. The molecule has 8 nitrogen and oxygen atoms in total. The molecule has 10 heteroatoms. The van der Waals surface area contributed by atoms with Gasteiger partial charge in [0.25, 0.3) is 0 Å². The van der Waals surface area contributed by atoms with Crippen molar-refractivity contribution in [2.75, 3.05) is 36.5 Å². The average molecular weight is 469 g/mol. The molecule has 5 rings (SSSR count). The third-order valence-corrected chi connectivity index (χ3v) is 6.74. The SMILES string of the molecule is O=C(CNc1[nH]c(=O)n(-c2ccc3nc[nH]c3c2)c1-c1ccccc1Cl)N1CCSCC1. The molecule has 1 saturated heterocycles. The number of amides is 1. The zero-order chi connectivity index (χ0) is 22.1. The molecular weight excluding hydrogens is 448 g/mol. The molecule has 0 bridgehead atoms. The summed E-state index contributed by atoms with van der Waals surface area (Å²) in [6.45, 7) is 1.57. The first-order chi connectivity index (χ1) is 15.6. The summed E-state index contributed by atoms with van der Waals surface area (Å²) < 4.78 is 1.56. The molecule has 164 valence electrons. The number of nitrogens with one attached hydrogen (secondary N) is 3. The molecule has 32 heavy (non-hydrogen) atoms. The maximum Gasteiger partial charge on any atom is 0.332 e. The molecule has 1 aliphatic rings. The van der Waals surface area contributed by atoms with Crippen molar-refractivity contribution in [3.8, 4) is 16.9 Å². The molecule has 3 heterocycles. The molecule has 2 aromatic carbocycles. The zero-order valence-electron chi connectivity index (χ0n) is 17.1. The number of carbonyl (C=O) groups excluding carboxylic acids is 1. The van der Waals surface area contributed by atoms with Crippen LogP contribution in [-0.2, 0) is 4.79 Å². The summed E-state index contributed by atoms with van der Waals surface area (Å²) in [5.41, 5.74) is 3.20. The first-order valence-electron chi connectivity index (χ1n) is 10.2. The topological polar surface area (TPSA) is 98.8 Å². The zero-order valence-corrected chi connectivity index (χ0v) is 18.7. The molecule has 0 unspecified atom stereocenters. The van der Waals surface area contributed by atoms with Crippen molar-refractivity contribution < 1.29 is 4.79 Å². The number of hydrogen-bond acceptors (Lipinski definition) is 5. The number of anilines is 1. The molecule has 0 saturated carbocycles. The predicted molar refractivity (Wildman–Crippen MR) is 129 cm³/mol. The van der Waals surface area contributed by atoms with E-state index in [1.807, 2.05) is 53.1 Å². The van der Waals surface area contributed by atoms with E-state index in [0.717, 1.165) is 35.6 Å². The fourth-order valence-corrected chi connectivity index (χ4v) is 5.00. The normalized spacial score (nSPS) is 14.1. The van der Waals surface area contributed by atoms with E-state index in [-0.39, 0.29) is 18.1 Å². The summed E-state index contributed by atoms with van der Waals surface area (Å²) in [6.07, 6.45) is 1.61. The van der Waals surface area contributed by atoms with Gasteiger partial charge in [0.1, 0.15) is 5.82 Å². The molecule has 0 aliphatic carbocycles. The number of rotatable bonds is 5. The van der Waals surface area contributed by atoms with Crippen molar-refractivity contribution in [2.24, 2.45) is 0 Å². The van der Waals surface area contributed by atoms with Crippen LogP contribution in [0.25, 0.3) is 28.0 Å². The number of H-pyrrole nitrogens is 2. The van der Waals surface area contributed by atoms with Crippen LogP contribution in [-0.4, -0.2) is 61.5 Å². The fourth-order valence-electron chi connectivity index (χ4n) is 3.87. The Labute approximate surface area is 193 Å². The average Bonchev–Trinajstić information content (AvgIpc) is 3.41. The molecule has 1 aliphatic heterocycles. The summed E-state index contributed by atoms with van der Waals surface area (Å²) in [5.74, 6) is 2.34. The molecule has 3 N–H and O–H groups in total. The second-order valence-electron chi connectivity index (χ2n) is 7.42. The van der Waals surface area contributed by atoms with Crippen molar-refractivity contribution >= 4 is 46.1 Å². The summed E-state index contributed by atoms with van der Waals surface area (Å²) in [6, 6.07) is 12.9. The number of carbonyl (C=O) groups is 1. The lowest BCUT2D eigenvalue weighted by Crippen LogP contribution is -2.41. The van der Waals surface area contributed by atoms with Gasteiger partial charge >= 0.3 is 5.69 Å². The van der Waals surface area contributed by atoms with Gasteiger partial charge in [0.05, 0.1) is 40.3 Å². The van der Waals surface area contributed by atoms with Crippen LogP contribution < -0.4 is 11.0 Å². The smallest absolute Gasteiger partial charge is 0.332 e. The largest absolute Gasteiger partial charge is 0.361 e. The Hall–Kier alpha value is -3.17. The summed E-state index contributed by atoms with van der Waals surface area (Å²) in [4.78, 5) is 37.8. The summed E-state index contributed by atoms with van der Waals surface area (Å²) in [7, 11) is 0. The van der Waals surface area contributed by atoms with Gasteiger partial charge in [0, 0.05) is 30.2 Å². The Balaban J connectivity index is 1.56. The number of fused-ring (bicyclic) bond motifs is 1. The van der Waals surface area contributed by atoms with Gasteiger partial charge in [-0.3, -0.25) is 14.3 Å². The van der Waals surface area contributed by atoms with Crippen LogP contribution in [0.2, 0.25) is 5.02 Å². The van der Waals surface area contributed by atoms with Crippen molar-refractivity contribution in [3.63, 3.8) is 0 Å². The number of aromatic amines is 2. The van der Waals surface area contributed by atoms with Crippen LogP contribution in [0.4, 0.5) is 5.82 Å². The van der Waals surface area contributed by atoms with Crippen molar-refractivity contribution in [3.05, 3.63) is 64.3 Å². The highest BCUT2D eigenvalue weighted by atomic mass is 35.5. The van der Waals surface area contributed by atoms with Crippen LogP contribution in [0, 0.1) is 0 Å². The molecule has 0 atom stereocenters. The van der Waals surface area contributed by atoms with Crippen LogP contribution >= 0.6 is 23.4 Å². The van der Waals surface area contributed by atoms with E-state index in [0.29, 0.717) is 27.8 Å². The van der Waals surface area contributed by atoms with Crippen molar-refractivity contribution in [2.45, 2.75) is 0 Å². The lowest BCUT2D eigenvalue weighted by molar-refractivity contribution is -0.128. The van der Waals surface area contributed by atoms with E-state index in [1.54, 1.807) is 17.0 Å². The molecule has 0 spiro atoms. The van der Waals surface area contributed by atoms with E-state index in [4.69, 9.17) is 11.6 Å². The van der Waals surface area contributed by atoms with Crippen LogP contribution in [0.5, 0.6) is 0 Å². The highest BCUT2D eigenvalue weighted by molar-refractivity contribution is 7.99. The summed E-state index contributed by atoms with van der Waals surface area (Å²) in [5, 5.41) is 3.65. The van der Waals surface area contributed by atoms with Gasteiger partial charge in [-0.2, -0.15) is 11.8 Å². The molecule has 1 amide bonds. The minimum atomic E-state index is -0.330. The minimum Gasteiger partial charge on any atom is -0.361 e. The van der Waals surface area contributed by atoms with Crippen molar-refractivity contribution in [1.82, 2.24) is 24.4 Å². The number of nitrogens with zero attached hydrogens (tertiary/aromatic N) is 3. The van der Waals surface area contributed by atoms with Gasteiger partial charge in [0.2, 0.25) is 5.91 Å². The molecular formula is C22H21ClN6O2S. The third-order valence-electron chi connectivity index (χ3n) is 5.47. The number of halogens is 1. The van der Waals surface area contributed by atoms with Crippen LogP contribution in [0.1, 0.15) is 0 Å². The Morgan fingerprint density at radius 1 is 1.19 bits per heavy atom. The van der Waals surface area contributed by atoms with Crippen LogP contribution in [0.15, 0.2) is 53.6 Å². The van der Waals surface area contributed by atoms with E-state index in [2.05, 4.69) is 20.3 Å². The minimum absolute atomic E-state index is 0.00267. The fraction of sp³-hybridized carbons (Fsp3) is 0.227. The van der Waals surface area contributed by atoms with E-state index < -0.39 is 0 Å².